The maximum absolute atomic E-state index is 13.0. The Labute approximate surface area is 161 Å². The standard InChI is InChI=1S/C19H21FN2O4S/c1-12(26-11-14-2-3-14)17(23)21-8-9-22-18(24)16(27-19(22)25)10-13-4-6-15(20)7-5-13/h4-7,10,12,14H,2-3,8-9,11H2,1H3,(H,21,23)/b16-10+. The predicted octanol–water partition coefficient (Wildman–Crippen LogP) is 2.79. The molecule has 27 heavy (non-hydrogen) atoms. The van der Waals surface area contributed by atoms with Gasteiger partial charge in [-0.1, -0.05) is 12.1 Å². The third-order valence-corrected chi connectivity index (χ3v) is 5.23. The Hall–Kier alpha value is -2.19. The minimum absolute atomic E-state index is 0.0898. The minimum Gasteiger partial charge on any atom is -0.368 e. The van der Waals surface area contributed by atoms with Crippen LogP contribution >= 0.6 is 11.8 Å². The molecule has 3 amide bonds. The zero-order chi connectivity index (χ0) is 19.4. The summed E-state index contributed by atoms with van der Waals surface area (Å²) >= 11 is 0.832. The highest BCUT2D eigenvalue weighted by atomic mass is 32.2. The number of carbonyl (C=O) groups excluding carboxylic acids is 3. The van der Waals surface area contributed by atoms with Crippen molar-refractivity contribution in [3.05, 3.63) is 40.6 Å². The van der Waals surface area contributed by atoms with Crippen LogP contribution < -0.4 is 5.32 Å². The van der Waals surface area contributed by atoms with Crippen molar-refractivity contribution in [1.82, 2.24) is 10.2 Å². The number of rotatable bonds is 8. The van der Waals surface area contributed by atoms with Gasteiger partial charge in [-0.05, 0) is 61.2 Å². The summed E-state index contributed by atoms with van der Waals surface area (Å²) in [6, 6.07) is 5.65. The summed E-state index contributed by atoms with van der Waals surface area (Å²) in [6.07, 6.45) is 3.30. The number of nitrogens with one attached hydrogen (secondary N) is 1. The molecule has 8 heteroatoms. The fourth-order valence-corrected chi connectivity index (χ4v) is 3.34. The van der Waals surface area contributed by atoms with Crippen LogP contribution in [0.2, 0.25) is 0 Å². The molecule has 1 aliphatic carbocycles. The molecule has 0 spiro atoms. The molecule has 1 N–H and O–H groups in total. The Morgan fingerprint density at radius 3 is 2.74 bits per heavy atom. The summed E-state index contributed by atoms with van der Waals surface area (Å²) in [5, 5.41) is 2.30. The highest BCUT2D eigenvalue weighted by Gasteiger charge is 2.34. The molecule has 1 aromatic rings. The third-order valence-electron chi connectivity index (χ3n) is 4.32. The van der Waals surface area contributed by atoms with Crippen molar-refractivity contribution in [2.45, 2.75) is 25.9 Å². The summed E-state index contributed by atoms with van der Waals surface area (Å²) in [7, 11) is 0. The molecule has 0 aromatic heterocycles. The number of benzene rings is 1. The number of hydrogen-bond acceptors (Lipinski definition) is 5. The molecule has 1 saturated carbocycles. The molecule has 2 fully saturated rings. The molecule has 6 nitrogen and oxygen atoms in total. The largest absolute Gasteiger partial charge is 0.368 e. The van der Waals surface area contributed by atoms with Crippen LogP contribution in [0.4, 0.5) is 9.18 Å². The van der Waals surface area contributed by atoms with Crippen LogP contribution in [0, 0.1) is 11.7 Å². The van der Waals surface area contributed by atoms with E-state index in [0.717, 1.165) is 29.5 Å². The Kier molecular flexibility index (Phi) is 6.28. The highest BCUT2D eigenvalue weighted by molar-refractivity contribution is 8.18. The van der Waals surface area contributed by atoms with E-state index in [1.54, 1.807) is 13.0 Å². The Morgan fingerprint density at radius 1 is 1.37 bits per heavy atom. The lowest BCUT2D eigenvalue weighted by atomic mass is 10.2. The SMILES string of the molecule is CC(OCC1CC1)C(=O)NCCN1C(=O)S/C(=C/c2ccc(F)cc2)C1=O. The van der Waals surface area contributed by atoms with Gasteiger partial charge in [0.1, 0.15) is 11.9 Å². The first-order chi connectivity index (χ1) is 12.9. The van der Waals surface area contributed by atoms with E-state index in [-0.39, 0.29) is 35.0 Å². The molecule has 1 aliphatic heterocycles. The quantitative estimate of drug-likeness (QED) is 0.689. The zero-order valence-electron chi connectivity index (χ0n) is 14.9. The van der Waals surface area contributed by atoms with Gasteiger partial charge in [-0.2, -0.15) is 0 Å². The van der Waals surface area contributed by atoms with Crippen LogP contribution in [0.3, 0.4) is 0 Å². The highest BCUT2D eigenvalue weighted by Crippen LogP contribution is 2.32. The van der Waals surface area contributed by atoms with Gasteiger partial charge in [0.25, 0.3) is 11.1 Å². The lowest BCUT2D eigenvalue weighted by Crippen LogP contribution is -2.41. The van der Waals surface area contributed by atoms with Crippen molar-refractivity contribution >= 4 is 34.9 Å². The normalized spacial score (nSPS) is 19.6. The van der Waals surface area contributed by atoms with Gasteiger partial charge in [0, 0.05) is 13.1 Å². The molecular weight excluding hydrogens is 371 g/mol. The maximum Gasteiger partial charge on any atom is 0.293 e. The lowest BCUT2D eigenvalue weighted by molar-refractivity contribution is -0.132. The first-order valence-electron chi connectivity index (χ1n) is 8.84. The number of thioether (sulfide) groups is 1. The molecule has 1 unspecified atom stereocenters. The van der Waals surface area contributed by atoms with Gasteiger partial charge in [-0.3, -0.25) is 19.3 Å². The Morgan fingerprint density at radius 2 is 2.07 bits per heavy atom. The van der Waals surface area contributed by atoms with E-state index < -0.39 is 12.0 Å². The van der Waals surface area contributed by atoms with Gasteiger partial charge < -0.3 is 10.1 Å². The second kappa shape index (κ2) is 8.67. The summed E-state index contributed by atoms with van der Waals surface area (Å²) in [4.78, 5) is 37.8. The van der Waals surface area contributed by atoms with E-state index in [2.05, 4.69) is 5.32 Å². The van der Waals surface area contributed by atoms with Gasteiger partial charge in [0.2, 0.25) is 5.91 Å². The molecule has 1 heterocycles. The molecule has 2 aliphatic rings. The molecule has 1 aromatic carbocycles. The van der Waals surface area contributed by atoms with Crippen molar-refractivity contribution in [2.24, 2.45) is 5.92 Å². The number of ether oxygens (including phenoxy) is 1. The molecule has 1 saturated heterocycles. The van der Waals surface area contributed by atoms with Crippen LogP contribution in [-0.4, -0.2) is 47.8 Å². The van der Waals surface area contributed by atoms with E-state index in [1.807, 2.05) is 0 Å². The maximum atomic E-state index is 13.0. The number of amides is 3. The van der Waals surface area contributed by atoms with Gasteiger partial charge in [-0.25, -0.2) is 4.39 Å². The average molecular weight is 392 g/mol. The fraction of sp³-hybridized carbons (Fsp3) is 0.421. The minimum atomic E-state index is -0.557. The van der Waals surface area contributed by atoms with Gasteiger partial charge in [0.15, 0.2) is 0 Å². The topological polar surface area (TPSA) is 75.7 Å². The summed E-state index contributed by atoms with van der Waals surface area (Å²) in [5.41, 5.74) is 0.636. The van der Waals surface area contributed by atoms with Gasteiger partial charge in [-0.15, -0.1) is 0 Å². The molecule has 1 atom stereocenters. The zero-order valence-corrected chi connectivity index (χ0v) is 15.8. The second-order valence-electron chi connectivity index (χ2n) is 6.59. The molecule has 144 valence electrons. The van der Waals surface area contributed by atoms with Crippen LogP contribution in [-0.2, 0) is 14.3 Å². The number of hydrogen-bond donors (Lipinski definition) is 1. The van der Waals surface area contributed by atoms with Crippen LogP contribution in [0.5, 0.6) is 0 Å². The van der Waals surface area contributed by atoms with Crippen molar-refractivity contribution in [2.75, 3.05) is 19.7 Å². The van der Waals surface area contributed by atoms with E-state index in [9.17, 15) is 18.8 Å². The summed E-state index contributed by atoms with van der Waals surface area (Å²) < 4.78 is 18.4. The molecule has 0 radical (unpaired) electrons. The van der Waals surface area contributed by atoms with Crippen LogP contribution in [0.15, 0.2) is 29.2 Å². The number of carbonyl (C=O) groups is 3. The van der Waals surface area contributed by atoms with Crippen LogP contribution in [0.25, 0.3) is 6.08 Å². The van der Waals surface area contributed by atoms with Crippen LogP contribution in [0.1, 0.15) is 25.3 Å². The first kappa shape index (κ1) is 19.6. The first-order valence-corrected chi connectivity index (χ1v) is 9.66. The van der Waals surface area contributed by atoms with Crippen molar-refractivity contribution < 1.29 is 23.5 Å². The van der Waals surface area contributed by atoms with Gasteiger partial charge >= 0.3 is 0 Å². The van der Waals surface area contributed by atoms with E-state index >= 15 is 0 Å². The van der Waals surface area contributed by atoms with E-state index in [1.165, 1.54) is 24.3 Å². The summed E-state index contributed by atoms with van der Waals surface area (Å²) in [5.74, 6) is -0.471. The smallest absolute Gasteiger partial charge is 0.293 e. The van der Waals surface area contributed by atoms with Crippen molar-refractivity contribution in [3.8, 4) is 0 Å². The predicted molar refractivity (Wildman–Crippen MR) is 100 cm³/mol. The van der Waals surface area contributed by atoms with Gasteiger partial charge in [0.05, 0.1) is 11.5 Å². The number of imide groups is 1. The summed E-state index contributed by atoms with van der Waals surface area (Å²) in [6.45, 7) is 2.53. The average Bonchev–Trinajstić information content (AvgIpc) is 3.44. The number of halogens is 1. The fourth-order valence-electron chi connectivity index (χ4n) is 2.48. The van der Waals surface area contributed by atoms with E-state index in [0.29, 0.717) is 18.1 Å². The number of nitrogens with zero attached hydrogens (tertiary/aromatic N) is 1. The second-order valence-corrected chi connectivity index (χ2v) is 7.59. The Bertz CT molecular complexity index is 761. The van der Waals surface area contributed by atoms with Crippen molar-refractivity contribution in [3.63, 3.8) is 0 Å². The molecule has 0 bridgehead atoms. The monoisotopic (exact) mass is 392 g/mol. The molecule has 3 rings (SSSR count). The van der Waals surface area contributed by atoms with Crippen molar-refractivity contribution in [1.29, 1.82) is 0 Å². The molecular formula is C19H21FN2O4S. The van der Waals surface area contributed by atoms with E-state index in [4.69, 9.17) is 4.74 Å². The lowest BCUT2D eigenvalue weighted by Gasteiger charge is -2.16. The Balaban J connectivity index is 1.48. The third kappa shape index (κ3) is 5.40.